The summed E-state index contributed by atoms with van der Waals surface area (Å²) in [6, 6.07) is 7.06. The molecule has 0 bridgehead atoms. The van der Waals surface area contributed by atoms with Crippen LogP contribution in [0.2, 0.25) is 0 Å². The normalized spacial score (nSPS) is 14.3. The molecule has 1 aromatic heterocycles. The van der Waals surface area contributed by atoms with Crippen molar-refractivity contribution in [3.8, 4) is 0 Å². The topological polar surface area (TPSA) is 71.1 Å². The molecule has 6 heteroatoms. The number of carbonyl (C=O) groups excluding carboxylic acids is 2. The van der Waals surface area contributed by atoms with Crippen LogP contribution in [0.25, 0.3) is 0 Å². The number of thiazole rings is 1. The standard InChI is InChI=1S/C18H21N3O2S/c1-11-10-24-17(19-11)18(2,3)21-16(23)13-6-4-12(5-7-13)15(22)20-14-8-9-14/h4-7,10,14H,8-9H2,1-3H3,(H,20,22)(H,21,23). The average Bonchev–Trinajstić information content (AvgIpc) is 3.24. The third kappa shape index (κ3) is 3.82. The van der Waals surface area contributed by atoms with Gasteiger partial charge in [0.15, 0.2) is 0 Å². The molecule has 0 radical (unpaired) electrons. The molecular formula is C18H21N3O2S. The number of amides is 2. The van der Waals surface area contributed by atoms with E-state index in [0.717, 1.165) is 23.5 Å². The van der Waals surface area contributed by atoms with Crippen molar-refractivity contribution in [1.29, 1.82) is 0 Å². The van der Waals surface area contributed by atoms with Crippen molar-refractivity contribution >= 4 is 23.2 Å². The summed E-state index contributed by atoms with van der Waals surface area (Å²) in [7, 11) is 0. The van der Waals surface area contributed by atoms with Gasteiger partial charge < -0.3 is 10.6 Å². The first kappa shape index (κ1) is 16.6. The lowest BCUT2D eigenvalue weighted by Crippen LogP contribution is -2.41. The summed E-state index contributed by atoms with van der Waals surface area (Å²) in [5.74, 6) is -0.259. The maximum absolute atomic E-state index is 12.5. The molecule has 0 atom stereocenters. The largest absolute Gasteiger partial charge is 0.349 e. The Hall–Kier alpha value is -2.21. The first-order valence-corrected chi connectivity index (χ1v) is 8.89. The zero-order valence-corrected chi connectivity index (χ0v) is 14.9. The Morgan fingerprint density at radius 1 is 1.12 bits per heavy atom. The summed E-state index contributed by atoms with van der Waals surface area (Å²) < 4.78 is 0. The van der Waals surface area contributed by atoms with Gasteiger partial charge in [0.05, 0.1) is 5.54 Å². The third-order valence-electron chi connectivity index (χ3n) is 3.90. The van der Waals surface area contributed by atoms with Crippen molar-refractivity contribution in [3.63, 3.8) is 0 Å². The number of nitrogens with zero attached hydrogens (tertiary/aromatic N) is 1. The molecule has 0 aliphatic heterocycles. The van der Waals surface area contributed by atoms with Crippen molar-refractivity contribution < 1.29 is 9.59 Å². The molecule has 1 aromatic carbocycles. The molecule has 0 unspecified atom stereocenters. The molecular weight excluding hydrogens is 322 g/mol. The monoisotopic (exact) mass is 343 g/mol. The van der Waals surface area contributed by atoms with Crippen LogP contribution < -0.4 is 10.6 Å². The van der Waals surface area contributed by atoms with E-state index in [2.05, 4.69) is 15.6 Å². The molecule has 1 aliphatic carbocycles. The molecule has 126 valence electrons. The van der Waals surface area contributed by atoms with E-state index in [4.69, 9.17) is 0 Å². The van der Waals surface area contributed by atoms with Gasteiger partial charge in [-0.15, -0.1) is 11.3 Å². The van der Waals surface area contributed by atoms with Crippen LogP contribution in [0.3, 0.4) is 0 Å². The van der Waals surface area contributed by atoms with Gasteiger partial charge in [0, 0.05) is 28.2 Å². The molecule has 2 amide bonds. The fourth-order valence-corrected chi connectivity index (χ4v) is 3.20. The van der Waals surface area contributed by atoms with Gasteiger partial charge >= 0.3 is 0 Å². The first-order chi connectivity index (χ1) is 11.3. The molecule has 0 spiro atoms. The number of rotatable bonds is 5. The van der Waals surface area contributed by atoms with Gasteiger partial charge in [-0.3, -0.25) is 9.59 Å². The predicted octanol–water partition coefficient (Wildman–Crippen LogP) is 3.01. The maximum atomic E-state index is 12.5. The molecule has 2 N–H and O–H groups in total. The Bertz CT molecular complexity index is 761. The highest BCUT2D eigenvalue weighted by molar-refractivity contribution is 7.09. The van der Waals surface area contributed by atoms with Crippen LogP contribution in [0.1, 0.15) is 58.1 Å². The Kier molecular flexibility index (Phi) is 4.41. The van der Waals surface area contributed by atoms with E-state index in [0.29, 0.717) is 17.2 Å². The second-order valence-corrected chi connectivity index (χ2v) is 7.56. The van der Waals surface area contributed by atoms with E-state index in [9.17, 15) is 9.59 Å². The lowest BCUT2D eigenvalue weighted by atomic mass is 10.0. The molecule has 5 nitrogen and oxygen atoms in total. The van der Waals surface area contributed by atoms with E-state index >= 15 is 0 Å². The van der Waals surface area contributed by atoms with E-state index < -0.39 is 5.54 Å². The van der Waals surface area contributed by atoms with Gasteiger partial charge in [-0.05, 0) is 57.9 Å². The average molecular weight is 343 g/mol. The summed E-state index contributed by atoms with van der Waals surface area (Å²) in [4.78, 5) is 28.9. The van der Waals surface area contributed by atoms with Crippen LogP contribution >= 0.6 is 11.3 Å². The molecule has 3 rings (SSSR count). The van der Waals surface area contributed by atoms with Gasteiger partial charge in [0.1, 0.15) is 5.01 Å². The van der Waals surface area contributed by atoms with Gasteiger partial charge in [0.25, 0.3) is 11.8 Å². The van der Waals surface area contributed by atoms with Gasteiger partial charge in [-0.1, -0.05) is 0 Å². The van der Waals surface area contributed by atoms with Crippen LogP contribution in [0, 0.1) is 6.92 Å². The van der Waals surface area contributed by atoms with Crippen molar-refractivity contribution in [1.82, 2.24) is 15.6 Å². The van der Waals surface area contributed by atoms with E-state index in [1.54, 1.807) is 24.3 Å². The number of carbonyl (C=O) groups is 2. The number of aryl methyl sites for hydroxylation is 1. The zero-order valence-electron chi connectivity index (χ0n) is 14.1. The summed E-state index contributed by atoms with van der Waals surface area (Å²) in [6.45, 7) is 5.80. The van der Waals surface area contributed by atoms with Crippen molar-refractivity contribution in [2.24, 2.45) is 0 Å². The molecule has 2 aromatic rings. The molecule has 0 saturated heterocycles. The number of hydrogen-bond donors (Lipinski definition) is 2. The molecule has 1 fully saturated rings. The summed E-state index contributed by atoms with van der Waals surface area (Å²) in [5, 5.41) is 8.77. The zero-order chi connectivity index (χ0) is 17.3. The third-order valence-corrected chi connectivity index (χ3v) is 5.19. The predicted molar refractivity (Wildman–Crippen MR) is 94.3 cm³/mol. The lowest BCUT2D eigenvalue weighted by Gasteiger charge is -2.24. The van der Waals surface area contributed by atoms with Gasteiger partial charge in [0.2, 0.25) is 0 Å². The van der Waals surface area contributed by atoms with Crippen molar-refractivity contribution in [3.05, 3.63) is 51.5 Å². The van der Waals surface area contributed by atoms with Crippen LogP contribution in [0.5, 0.6) is 0 Å². The number of nitrogens with one attached hydrogen (secondary N) is 2. The Labute approximate surface area is 145 Å². The maximum Gasteiger partial charge on any atom is 0.252 e. The smallest absolute Gasteiger partial charge is 0.252 e. The number of hydrogen-bond acceptors (Lipinski definition) is 4. The SMILES string of the molecule is Cc1csc(C(C)(C)NC(=O)c2ccc(C(=O)NC3CC3)cc2)n1. The Morgan fingerprint density at radius 2 is 1.71 bits per heavy atom. The summed E-state index contributed by atoms with van der Waals surface area (Å²) in [5.41, 5.74) is 1.51. The van der Waals surface area contributed by atoms with E-state index in [-0.39, 0.29) is 11.8 Å². The molecule has 1 saturated carbocycles. The highest BCUT2D eigenvalue weighted by Crippen LogP contribution is 2.24. The minimum Gasteiger partial charge on any atom is -0.349 e. The highest BCUT2D eigenvalue weighted by atomic mass is 32.1. The molecule has 1 heterocycles. The van der Waals surface area contributed by atoms with Crippen molar-refractivity contribution in [2.45, 2.75) is 45.2 Å². The summed E-state index contributed by atoms with van der Waals surface area (Å²) >= 11 is 1.53. The van der Waals surface area contributed by atoms with Gasteiger partial charge in [-0.25, -0.2) is 4.98 Å². The fourth-order valence-electron chi connectivity index (χ4n) is 2.32. The van der Waals surface area contributed by atoms with Crippen LogP contribution in [-0.2, 0) is 5.54 Å². The second kappa shape index (κ2) is 6.36. The number of aromatic nitrogens is 1. The van der Waals surface area contributed by atoms with Crippen LogP contribution in [-0.4, -0.2) is 22.8 Å². The minimum absolute atomic E-state index is 0.0805. The number of benzene rings is 1. The molecule has 24 heavy (non-hydrogen) atoms. The minimum atomic E-state index is -0.544. The highest BCUT2D eigenvalue weighted by Gasteiger charge is 2.27. The lowest BCUT2D eigenvalue weighted by molar-refractivity contribution is 0.0908. The first-order valence-electron chi connectivity index (χ1n) is 8.01. The van der Waals surface area contributed by atoms with E-state index in [1.807, 2.05) is 26.2 Å². The Balaban J connectivity index is 1.67. The van der Waals surface area contributed by atoms with E-state index in [1.165, 1.54) is 11.3 Å². The van der Waals surface area contributed by atoms with Crippen LogP contribution in [0.15, 0.2) is 29.6 Å². The quantitative estimate of drug-likeness (QED) is 0.877. The van der Waals surface area contributed by atoms with Crippen molar-refractivity contribution in [2.75, 3.05) is 0 Å². The Morgan fingerprint density at radius 3 is 2.21 bits per heavy atom. The molecule has 1 aliphatic rings. The second-order valence-electron chi connectivity index (χ2n) is 6.70. The van der Waals surface area contributed by atoms with Gasteiger partial charge in [-0.2, -0.15) is 0 Å². The fraction of sp³-hybridized carbons (Fsp3) is 0.389. The summed E-state index contributed by atoms with van der Waals surface area (Å²) in [6.07, 6.45) is 2.11. The van der Waals surface area contributed by atoms with Crippen LogP contribution in [0.4, 0.5) is 0 Å².